The minimum Gasteiger partial charge on any atom is -0.273 e. The van der Waals surface area contributed by atoms with E-state index in [1.807, 2.05) is 24.3 Å². The molecule has 0 spiro atoms. The molecule has 1 aliphatic heterocycles. The van der Waals surface area contributed by atoms with Gasteiger partial charge in [0.1, 0.15) is 0 Å². The van der Waals surface area contributed by atoms with E-state index < -0.39 is 9.24 Å². The Bertz CT molecular complexity index is 672. The molecular weight excluding hydrogens is 274 g/mol. The van der Waals surface area contributed by atoms with Crippen LogP contribution in [0, 0.1) is 5.92 Å². The van der Waals surface area contributed by atoms with Crippen LogP contribution in [0.1, 0.15) is 29.4 Å². The average Bonchev–Trinajstić information content (AvgIpc) is 2.79. The van der Waals surface area contributed by atoms with Crippen molar-refractivity contribution in [3.05, 3.63) is 35.4 Å². The van der Waals surface area contributed by atoms with Gasteiger partial charge in [0, 0.05) is 16.6 Å². The maximum absolute atomic E-state index is 12.0. The molecule has 2 aliphatic carbocycles. The van der Waals surface area contributed by atoms with Crippen molar-refractivity contribution in [2.45, 2.75) is 24.3 Å². The van der Waals surface area contributed by atoms with Gasteiger partial charge in [0.25, 0.3) is 0 Å². The first-order chi connectivity index (χ1) is 8.50. The maximum atomic E-state index is 12.0. The lowest BCUT2D eigenvalue weighted by molar-refractivity contribution is -0.145. The second-order valence-electron chi connectivity index (χ2n) is 5.17. The zero-order chi connectivity index (χ0) is 12.7. The third-order valence-corrected chi connectivity index (χ3v) is 5.86. The van der Waals surface area contributed by atoms with E-state index in [2.05, 4.69) is 0 Å². The second kappa shape index (κ2) is 3.08. The highest BCUT2D eigenvalue weighted by Gasteiger charge is 2.66. The van der Waals surface area contributed by atoms with Gasteiger partial charge in [-0.05, 0) is 23.5 Å². The zero-order valence-electron chi connectivity index (χ0n) is 9.28. The van der Waals surface area contributed by atoms with Gasteiger partial charge in [0.15, 0.2) is 0 Å². The minimum atomic E-state index is -3.94. The Labute approximate surface area is 109 Å². The first kappa shape index (κ1) is 10.8. The molecule has 2 bridgehead atoms. The standard InChI is InChI=1S/C12H10ClNO3S/c13-18(16,17)14-11-9-5-8(10(11)12(14)15)6-3-1-2-4-7(6)9/h1-4,8-11H,5H2/t8-,9-,10+,11+/m0/s1. The Balaban J connectivity index is 1.84. The van der Waals surface area contributed by atoms with Crippen LogP contribution in [-0.4, -0.2) is 24.7 Å². The molecule has 1 aromatic carbocycles. The van der Waals surface area contributed by atoms with Gasteiger partial charge in [-0.2, -0.15) is 8.42 Å². The van der Waals surface area contributed by atoms with Gasteiger partial charge >= 0.3 is 9.24 Å². The average molecular weight is 284 g/mol. The number of hydrogen-bond acceptors (Lipinski definition) is 3. The van der Waals surface area contributed by atoms with Gasteiger partial charge in [0.2, 0.25) is 5.91 Å². The molecule has 1 saturated carbocycles. The van der Waals surface area contributed by atoms with Crippen LogP contribution < -0.4 is 0 Å². The van der Waals surface area contributed by atoms with Gasteiger partial charge in [0.05, 0.1) is 12.0 Å². The first-order valence-corrected chi connectivity index (χ1v) is 8.13. The van der Waals surface area contributed by atoms with Crippen molar-refractivity contribution in [1.29, 1.82) is 0 Å². The van der Waals surface area contributed by atoms with Crippen LogP contribution in [0.4, 0.5) is 0 Å². The monoisotopic (exact) mass is 283 g/mol. The van der Waals surface area contributed by atoms with Crippen molar-refractivity contribution < 1.29 is 13.2 Å². The largest absolute Gasteiger partial charge is 0.324 e. The topological polar surface area (TPSA) is 54.5 Å². The summed E-state index contributed by atoms with van der Waals surface area (Å²) in [6.07, 6.45) is 0.864. The smallest absolute Gasteiger partial charge is 0.273 e. The molecule has 1 amide bonds. The van der Waals surface area contributed by atoms with Crippen LogP contribution in [0.5, 0.6) is 0 Å². The Morgan fingerprint density at radius 2 is 1.78 bits per heavy atom. The van der Waals surface area contributed by atoms with E-state index >= 15 is 0 Å². The van der Waals surface area contributed by atoms with E-state index in [4.69, 9.17) is 10.7 Å². The van der Waals surface area contributed by atoms with Crippen LogP contribution in [-0.2, 0) is 14.0 Å². The molecule has 1 saturated heterocycles. The fraction of sp³-hybridized carbons (Fsp3) is 0.417. The van der Waals surface area contributed by atoms with Crippen molar-refractivity contribution >= 4 is 25.8 Å². The number of amides is 1. The molecular formula is C12H10ClNO3S. The minimum absolute atomic E-state index is 0.127. The lowest BCUT2D eigenvalue weighted by Gasteiger charge is -2.47. The van der Waals surface area contributed by atoms with Crippen molar-refractivity contribution in [3.8, 4) is 0 Å². The molecule has 4 rings (SSSR count). The molecule has 6 heteroatoms. The van der Waals surface area contributed by atoms with Gasteiger partial charge in [-0.25, -0.2) is 4.31 Å². The summed E-state index contributed by atoms with van der Waals surface area (Å²) in [5, 5.41) is 0. The number of nitrogens with zero attached hydrogens (tertiary/aromatic N) is 1. The quantitative estimate of drug-likeness (QED) is 0.581. The van der Waals surface area contributed by atoms with Crippen molar-refractivity contribution in [2.75, 3.05) is 0 Å². The Kier molecular flexibility index (Phi) is 1.85. The number of rotatable bonds is 1. The molecule has 18 heavy (non-hydrogen) atoms. The van der Waals surface area contributed by atoms with E-state index in [0.717, 1.165) is 10.7 Å². The summed E-state index contributed by atoms with van der Waals surface area (Å²) < 4.78 is 23.7. The summed E-state index contributed by atoms with van der Waals surface area (Å²) >= 11 is 0. The predicted octanol–water partition coefficient (Wildman–Crippen LogP) is 1.58. The van der Waals surface area contributed by atoms with E-state index in [1.54, 1.807) is 0 Å². The van der Waals surface area contributed by atoms with Crippen LogP contribution in [0.2, 0.25) is 0 Å². The van der Waals surface area contributed by atoms with E-state index in [0.29, 0.717) is 0 Å². The molecule has 0 aromatic heterocycles. The number of carbonyl (C=O) groups is 1. The number of hydrogen-bond donors (Lipinski definition) is 0. The highest BCUT2D eigenvalue weighted by Crippen LogP contribution is 2.62. The molecule has 0 N–H and O–H groups in total. The molecule has 94 valence electrons. The molecule has 3 aliphatic rings. The van der Waals surface area contributed by atoms with E-state index in [1.165, 1.54) is 11.1 Å². The fourth-order valence-electron chi connectivity index (χ4n) is 3.96. The van der Waals surface area contributed by atoms with E-state index in [9.17, 15) is 13.2 Å². The van der Waals surface area contributed by atoms with Crippen LogP contribution in [0.3, 0.4) is 0 Å². The lowest BCUT2D eigenvalue weighted by atomic mass is 9.75. The van der Waals surface area contributed by atoms with Crippen molar-refractivity contribution in [3.63, 3.8) is 0 Å². The summed E-state index contributed by atoms with van der Waals surface area (Å²) in [4.78, 5) is 12.0. The highest BCUT2D eigenvalue weighted by atomic mass is 35.7. The number of halogens is 1. The van der Waals surface area contributed by atoms with E-state index in [-0.39, 0.29) is 29.7 Å². The maximum Gasteiger partial charge on any atom is 0.324 e. The summed E-state index contributed by atoms with van der Waals surface area (Å²) in [6, 6.07) is 7.74. The predicted molar refractivity (Wildman–Crippen MR) is 65.4 cm³/mol. The third-order valence-electron chi connectivity index (χ3n) is 4.52. The Morgan fingerprint density at radius 3 is 2.39 bits per heavy atom. The molecule has 0 radical (unpaired) electrons. The third kappa shape index (κ3) is 1.07. The molecule has 1 aromatic rings. The van der Waals surface area contributed by atoms with Gasteiger partial charge < -0.3 is 0 Å². The van der Waals surface area contributed by atoms with Crippen molar-refractivity contribution in [2.24, 2.45) is 5.92 Å². The highest BCUT2D eigenvalue weighted by molar-refractivity contribution is 8.12. The normalized spacial score (nSPS) is 36.3. The van der Waals surface area contributed by atoms with Crippen molar-refractivity contribution in [1.82, 2.24) is 4.31 Å². The Morgan fingerprint density at radius 1 is 1.17 bits per heavy atom. The van der Waals surface area contributed by atoms with Crippen LogP contribution >= 0.6 is 10.7 Å². The first-order valence-electron chi connectivity index (χ1n) is 5.87. The summed E-state index contributed by atoms with van der Waals surface area (Å²) in [6.45, 7) is 0. The molecule has 4 atom stereocenters. The fourth-order valence-corrected chi connectivity index (χ4v) is 5.34. The number of benzene rings is 1. The van der Waals surface area contributed by atoms with Crippen LogP contribution in [0.25, 0.3) is 0 Å². The zero-order valence-corrected chi connectivity index (χ0v) is 10.9. The van der Waals surface area contributed by atoms with Gasteiger partial charge in [-0.1, -0.05) is 24.3 Å². The summed E-state index contributed by atoms with van der Waals surface area (Å²) in [5.41, 5.74) is 2.39. The molecule has 2 fully saturated rings. The summed E-state index contributed by atoms with van der Waals surface area (Å²) in [5.74, 6) is -0.212. The molecule has 4 nitrogen and oxygen atoms in total. The van der Waals surface area contributed by atoms with Gasteiger partial charge in [-0.3, -0.25) is 4.79 Å². The number of carbonyl (C=O) groups excluding carboxylic acids is 1. The number of fused-ring (bicyclic) bond motifs is 8. The molecule has 0 unspecified atom stereocenters. The Hall–Kier alpha value is -1.07. The molecule has 1 heterocycles. The number of β-lactam (4-membered cyclic amide) rings is 1. The van der Waals surface area contributed by atoms with Gasteiger partial charge in [-0.15, -0.1) is 0 Å². The SMILES string of the molecule is O=C1[C@H]2[C@@H]([C@H]3C[C@H]2c2ccccc23)N1S(=O)(=O)Cl. The lowest BCUT2D eigenvalue weighted by Crippen LogP contribution is -2.63. The van der Waals surface area contributed by atoms with Crippen LogP contribution in [0.15, 0.2) is 24.3 Å². The summed E-state index contributed by atoms with van der Waals surface area (Å²) in [7, 11) is 1.40. The second-order valence-corrected chi connectivity index (χ2v) is 7.56.